The van der Waals surface area contributed by atoms with Gasteiger partial charge in [-0.3, -0.25) is 8.19 Å². The van der Waals surface area contributed by atoms with E-state index < -0.39 is 0 Å². The van der Waals surface area contributed by atoms with Gasteiger partial charge in [0, 0.05) is 0 Å². The van der Waals surface area contributed by atoms with E-state index in [1.807, 2.05) is 12.1 Å². The summed E-state index contributed by atoms with van der Waals surface area (Å²) in [6, 6.07) is 3.96. The first-order valence-corrected chi connectivity index (χ1v) is 2.57. The Kier molecular flexibility index (Phi) is 22.3. The van der Waals surface area contributed by atoms with Crippen molar-refractivity contribution in [1.82, 2.24) is 0 Å². The minimum absolute atomic E-state index is 0. The Bertz CT molecular complexity index is 70.5. The second-order valence-corrected chi connectivity index (χ2v) is 1.73. The molecule has 0 saturated carbocycles. The van der Waals surface area contributed by atoms with E-state index in [0.717, 1.165) is 8.19 Å². The van der Waals surface area contributed by atoms with E-state index in [1.165, 1.54) is 0 Å². The standard InChI is InChI=1S/C4H4P.2ClH.Zr/c1-2-4-5-3-1;;;/h1-3,5H;2*1H;/q-1;;;+3/p-2. The topological polar surface area (TPSA) is 0 Å². The molecule has 1 aromatic heterocycles. The van der Waals surface area contributed by atoms with Gasteiger partial charge >= 0.3 is 26.2 Å². The number of hydrogen-bond acceptors (Lipinski definition) is 0. The second kappa shape index (κ2) is 11.1. The Morgan fingerprint density at radius 1 is 1.25 bits per heavy atom. The molecule has 0 nitrogen and oxygen atoms in total. The Morgan fingerprint density at radius 2 is 1.88 bits per heavy atom. The van der Waals surface area contributed by atoms with Gasteiger partial charge in [-0.15, -0.1) is 0 Å². The maximum atomic E-state index is 3.01. The quantitative estimate of drug-likeness (QED) is 0.404. The molecule has 0 bridgehead atoms. The number of halogens is 2. The van der Waals surface area contributed by atoms with E-state index in [-0.39, 0.29) is 51.0 Å². The maximum absolute atomic E-state index is 3.01. The van der Waals surface area contributed by atoms with Crippen LogP contribution in [0.2, 0.25) is 0 Å². The van der Waals surface area contributed by atoms with Gasteiger partial charge in [-0.05, 0) is 0 Å². The molecule has 0 fully saturated rings. The van der Waals surface area contributed by atoms with Gasteiger partial charge in [0.1, 0.15) is 0 Å². The smallest absolute Gasteiger partial charge is 1.00 e. The van der Waals surface area contributed by atoms with Gasteiger partial charge in [0.15, 0.2) is 0 Å². The van der Waals surface area contributed by atoms with Crippen LogP contribution in [0.15, 0.2) is 17.9 Å². The Labute approximate surface area is 82.5 Å². The molecule has 0 saturated heterocycles. The third kappa shape index (κ3) is 7.24. The van der Waals surface area contributed by atoms with Crippen LogP contribution in [-0.2, 0) is 26.2 Å². The largest absolute Gasteiger partial charge is 3.00 e. The van der Waals surface area contributed by atoms with Crippen LogP contribution in [0.25, 0.3) is 0 Å². The predicted molar refractivity (Wildman–Crippen MR) is 24.8 cm³/mol. The van der Waals surface area contributed by atoms with Crippen LogP contribution in [0.1, 0.15) is 0 Å². The summed E-state index contributed by atoms with van der Waals surface area (Å²) < 4.78 is 0. The second-order valence-electron chi connectivity index (χ2n) is 0.814. The van der Waals surface area contributed by atoms with E-state index in [2.05, 4.69) is 11.6 Å². The van der Waals surface area contributed by atoms with Crippen molar-refractivity contribution >= 4 is 8.19 Å². The molecule has 0 aliphatic rings. The van der Waals surface area contributed by atoms with Crippen LogP contribution in [0.4, 0.5) is 0 Å². The summed E-state index contributed by atoms with van der Waals surface area (Å²) in [5, 5.41) is 0. The van der Waals surface area contributed by atoms with Crippen molar-refractivity contribution < 1.29 is 51.0 Å². The summed E-state index contributed by atoms with van der Waals surface area (Å²) >= 11 is 0. The normalized spacial score (nSPS) is 6.00. The molecule has 0 spiro atoms. The van der Waals surface area contributed by atoms with Gasteiger partial charge in [0.25, 0.3) is 0 Å². The summed E-state index contributed by atoms with van der Waals surface area (Å²) in [5.74, 6) is 5.11. The SMILES string of the molecule is [Cl-].[Cl-].[Zr+3].[c-]1ccc[pH]1. The maximum Gasteiger partial charge on any atom is 3.00 e. The molecule has 0 N–H and O–H groups in total. The molecule has 0 amide bonds. The van der Waals surface area contributed by atoms with E-state index in [4.69, 9.17) is 0 Å². The molecule has 43 valence electrons. The summed E-state index contributed by atoms with van der Waals surface area (Å²) in [6.07, 6.45) is 0. The number of hydrogen-bond donors (Lipinski definition) is 0. The van der Waals surface area contributed by atoms with Crippen LogP contribution >= 0.6 is 8.19 Å². The average molecular weight is 245 g/mol. The Hall–Kier alpha value is 1.24. The van der Waals surface area contributed by atoms with Crippen molar-refractivity contribution in [2.24, 2.45) is 0 Å². The molecular formula is C4H4Cl2PZr. The third-order valence-corrected chi connectivity index (χ3v) is 1.13. The number of rotatable bonds is 0. The molecule has 1 atom stereocenters. The molecule has 8 heavy (non-hydrogen) atoms. The van der Waals surface area contributed by atoms with Gasteiger partial charge in [0.05, 0.1) is 0 Å². The molecular weight excluding hydrogens is 241 g/mol. The predicted octanol–water partition coefficient (Wildman–Crippen LogP) is -4.48. The van der Waals surface area contributed by atoms with Gasteiger partial charge in [-0.1, -0.05) is 0 Å². The first-order valence-electron chi connectivity index (χ1n) is 1.49. The van der Waals surface area contributed by atoms with Crippen molar-refractivity contribution in [3.05, 3.63) is 23.7 Å². The molecule has 1 unspecified atom stereocenters. The zero-order valence-corrected chi connectivity index (χ0v) is 8.96. The van der Waals surface area contributed by atoms with Crippen LogP contribution < -0.4 is 24.8 Å². The van der Waals surface area contributed by atoms with Crippen molar-refractivity contribution in [2.45, 2.75) is 0 Å². The fraction of sp³-hybridized carbons (Fsp3) is 0. The van der Waals surface area contributed by atoms with E-state index in [0.29, 0.717) is 0 Å². The van der Waals surface area contributed by atoms with E-state index in [1.54, 1.807) is 0 Å². The molecule has 0 aliphatic heterocycles. The zero-order chi connectivity index (χ0) is 3.54. The molecule has 1 rings (SSSR count). The summed E-state index contributed by atoms with van der Waals surface area (Å²) in [4.78, 5) is 0. The fourth-order valence-corrected chi connectivity index (χ4v) is 0.722. The van der Waals surface area contributed by atoms with Gasteiger partial charge < -0.3 is 24.8 Å². The molecule has 4 heteroatoms. The van der Waals surface area contributed by atoms with Crippen LogP contribution in [-0.4, -0.2) is 0 Å². The monoisotopic (exact) mass is 243 g/mol. The molecule has 1 radical (unpaired) electrons. The summed E-state index contributed by atoms with van der Waals surface area (Å²) in [5.41, 5.74) is 0. The fourth-order valence-electron chi connectivity index (χ4n) is 0.241. The summed E-state index contributed by atoms with van der Waals surface area (Å²) in [6.45, 7) is 0. The summed E-state index contributed by atoms with van der Waals surface area (Å²) in [7, 11) is 0.823. The van der Waals surface area contributed by atoms with E-state index >= 15 is 0 Å². The third-order valence-electron chi connectivity index (χ3n) is 0.442. The van der Waals surface area contributed by atoms with Crippen molar-refractivity contribution in [2.75, 3.05) is 0 Å². The molecule has 0 aromatic carbocycles. The first-order chi connectivity index (χ1) is 2.50. The van der Waals surface area contributed by atoms with Crippen LogP contribution in [0, 0.1) is 5.80 Å². The van der Waals surface area contributed by atoms with Crippen molar-refractivity contribution in [1.29, 1.82) is 0 Å². The van der Waals surface area contributed by atoms with Crippen molar-refractivity contribution in [3.8, 4) is 0 Å². The van der Waals surface area contributed by atoms with Gasteiger partial charge in [-0.25, -0.2) is 6.07 Å². The minimum atomic E-state index is 0. The molecule has 1 heterocycles. The van der Waals surface area contributed by atoms with Crippen LogP contribution in [0.3, 0.4) is 0 Å². The van der Waals surface area contributed by atoms with E-state index in [9.17, 15) is 0 Å². The van der Waals surface area contributed by atoms with Gasteiger partial charge in [0.2, 0.25) is 0 Å². The first kappa shape index (κ1) is 16.1. The Balaban J connectivity index is -0.0000000833. The molecule has 1 aromatic rings. The van der Waals surface area contributed by atoms with Crippen molar-refractivity contribution in [3.63, 3.8) is 0 Å². The Morgan fingerprint density at radius 3 is 2.00 bits per heavy atom. The molecule has 0 aliphatic carbocycles. The van der Waals surface area contributed by atoms with Crippen LogP contribution in [0.5, 0.6) is 0 Å². The average Bonchev–Trinajstić information content (AvgIpc) is 1.76. The minimum Gasteiger partial charge on any atom is -1.00 e. The van der Waals surface area contributed by atoms with Gasteiger partial charge in [-0.2, -0.15) is 17.7 Å². The zero-order valence-electron chi connectivity index (χ0n) is 3.99.